The lowest BCUT2D eigenvalue weighted by atomic mass is 9.96. The van der Waals surface area contributed by atoms with Gasteiger partial charge in [-0.3, -0.25) is 38.4 Å². The Morgan fingerprint density at radius 3 is 1.11 bits per heavy atom. The molecule has 0 aromatic rings. The molecular weight excluding hydrogens is 640 g/mol. The Morgan fingerprint density at radius 1 is 0.383 bits per heavy atom. The van der Waals surface area contributed by atoms with Gasteiger partial charge in [-0.15, -0.1) is 0 Å². The number of hydrogen-bond donors (Lipinski definition) is 0. The van der Waals surface area contributed by atoms with E-state index in [0.717, 1.165) is 55.4 Å². The lowest BCUT2D eigenvalue weighted by Crippen LogP contribution is -2.67. The van der Waals surface area contributed by atoms with Gasteiger partial charge in [0.15, 0.2) is 30.7 Å². The van der Waals surface area contributed by atoms with Crippen LogP contribution in [0.5, 0.6) is 0 Å². The van der Waals surface area contributed by atoms with Crippen LogP contribution in [0.2, 0.25) is 0 Å². The molecule has 0 aliphatic carbocycles. The van der Waals surface area contributed by atoms with E-state index in [4.69, 9.17) is 52.1 Å². The second kappa shape index (κ2) is 17.5. The van der Waals surface area contributed by atoms with Gasteiger partial charge in [-0.2, -0.15) is 0 Å². The highest BCUT2D eigenvalue weighted by Crippen LogP contribution is 2.35. The summed E-state index contributed by atoms with van der Waals surface area (Å²) in [5, 5.41) is 0. The molecule has 0 N–H and O–H groups in total. The third-order valence-electron chi connectivity index (χ3n) is 6.17. The summed E-state index contributed by atoms with van der Waals surface area (Å²) in [7, 11) is 0. The number of carbonyl (C=O) groups excluding carboxylic acids is 8. The molecule has 0 amide bonds. The molecular formula is C28H38O19. The van der Waals surface area contributed by atoms with Crippen molar-refractivity contribution in [2.24, 2.45) is 0 Å². The van der Waals surface area contributed by atoms with Crippen molar-refractivity contribution in [3.8, 4) is 0 Å². The average Bonchev–Trinajstić information content (AvgIpc) is 2.91. The number of carbonyl (C=O) groups is 8. The topological polar surface area (TPSA) is 238 Å². The van der Waals surface area contributed by atoms with Crippen LogP contribution < -0.4 is 0 Å². The average molecular weight is 679 g/mol. The van der Waals surface area contributed by atoms with E-state index >= 15 is 0 Å². The lowest BCUT2D eigenvalue weighted by molar-refractivity contribution is -0.357. The molecule has 10 atom stereocenters. The molecule has 2 heterocycles. The summed E-state index contributed by atoms with van der Waals surface area (Å²) in [6.45, 7) is 7.05. The van der Waals surface area contributed by atoms with Gasteiger partial charge >= 0.3 is 47.8 Å². The van der Waals surface area contributed by atoms with Gasteiger partial charge in [-0.1, -0.05) is 0 Å². The summed E-state index contributed by atoms with van der Waals surface area (Å²) >= 11 is 0. The van der Waals surface area contributed by atoms with Crippen LogP contribution in [-0.4, -0.2) is 122 Å². The smallest absolute Gasteiger partial charge is 0.305 e. The quantitative estimate of drug-likeness (QED) is 0.181. The molecule has 0 saturated carbocycles. The van der Waals surface area contributed by atoms with E-state index < -0.39 is 122 Å². The van der Waals surface area contributed by atoms with Crippen LogP contribution >= 0.6 is 0 Å². The fraction of sp³-hybridized carbons (Fsp3) is 0.714. The van der Waals surface area contributed by atoms with E-state index in [9.17, 15) is 38.4 Å². The molecule has 47 heavy (non-hydrogen) atoms. The highest BCUT2D eigenvalue weighted by molar-refractivity contribution is 5.70. The Morgan fingerprint density at radius 2 is 0.702 bits per heavy atom. The van der Waals surface area contributed by atoms with Crippen LogP contribution in [0.1, 0.15) is 55.4 Å². The zero-order valence-corrected chi connectivity index (χ0v) is 26.9. The minimum absolute atomic E-state index is 0.590. The van der Waals surface area contributed by atoms with Crippen LogP contribution in [0.25, 0.3) is 0 Å². The number of ether oxygens (including phenoxy) is 11. The molecule has 0 bridgehead atoms. The Balaban J connectivity index is 2.73. The molecule has 2 aliphatic heterocycles. The predicted octanol–water partition coefficient (Wildman–Crippen LogP) is -0.831. The number of esters is 8. The minimum Gasteiger partial charge on any atom is -0.463 e. The van der Waals surface area contributed by atoms with Gasteiger partial charge in [0.25, 0.3) is 0 Å². The van der Waals surface area contributed by atoms with Crippen molar-refractivity contribution in [1.82, 2.24) is 0 Å². The van der Waals surface area contributed by atoms with E-state index in [1.165, 1.54) is 0 Å². The fourth-order valence-corrected chi connectivity index (χ4v) is 4.73. The van der Waals surface area contributed by atoms with Crippen molar-refractivity contribution in [2.45, 2.75) is 117 Å². The van der Waals surface area contributed by atoms with Gasteiger partial charge in [0.2, 0.25) is 12.4 Å². The molecule has 2 fully saturated rings. The molecule has 19 nitrogen and oxygen atoms in total. The van der Waals surface area contributed by atoms with Crippen LogP contribution in [-0.2, 0) is 90.5 Å². The third kappa shape index (κ3) is 12.1. The summed E-state index contributed by atoms with van der Waals surface area (Å²) in [6, 6.07) is 0. The Bertz CT molecular complexity index is 1200. The molecule has 0 aromatic carbocycles. The highest BCUT2D eigenvalue weighted by Gasteiger charge is 2.58. The van der Waals surface area contributed by atoms with Gasteiger partial charge in [-0.25, -0.2) is 0 Å². The van der Waals surface area contributed by atoms with E-state index in [1.54, 1.807) is 0 Å². The second-order valence-corrected chi connectivity index (χ2v) is 10.3. The summed E-state index contributed by atoms with van der Waals surface area (Å²) < 4.78 is 60.2. The van der Waals surface area contributed by atoms with E-state index in [-0.39, 0.29) is 0 Å². The maximum Gasteiger partial charge on any atom is 0.305 e. The first-order valence-electron chi connectivity index (χ1n) is 14.2. The van der Waals surface area contributed by atoms with Crippen LogP contribution in [0.15, 0.2) is 0 Å². The summed E-state index contributed by atoms with van der Waals surface area (Å²) in [5.41, 5.74) is 0. The predicted molar refractivity (Wildman–Crippen MR) is 145 cm³/mol. The molecule has 0 radical (unpaired) electrons. The lowest BCUT2D eigenvalue weighted by Gasteiger charge is -2.48. The van der Waals surface area contributed by atoms with Crippen molar-refractivity contribution in [3.05, 3.63) is 0 Å². The molecule has 2 saturated heterocycles. The third-order valence-corrected chi connectivity index (χ3v) is 6.17. The number of hydrogen-bond acceptors (Lipinski definition) is 19. The van der Waals surface area contributed by atoms with Gasteiger partial charge in [0.1, 0.15) is 31.5 Å². The van der Waals surface area contributed by atoms with Gasteiger partial charge < -0.3 is 52.1 Å². The minimum atomic E-state index is -1.83. The van der Waals surface area contributed by atoms with Crippen LogP contribution in [0.4, 0.5) is 0 Å². The number of rotatable bonds is 12. The molecule has 0 aromatic heterocycles. The van der Waals surface area contributed by atoms with Crippen molar-refractivity contribution >= 4 is 47.8 Å². The Hall–Kier alpha value is -4.36. The monoisotopic (exact) mass is 678 g/mol. The molecule has 0 spiro atoms. The standard InChI is InChI=1S/C28H38O19/c1-11(29)37-9-19-21(39-13(3)31)23(40-14(4)32)26(43-17(7)35)28(46-19)47-22-20(10-38-12(2)30)45-27(44-18(8)36)25(42-16(6)34)24(22)41-15(5)33/h19-28H,9-10H2,1-8H3/t19-,20-,21?,22?,23+,24?,25-,26?,27?,28?/m1/s1. The van der Waals surface area contributed by atoms with Gasteiger partial charge in [-0.05, 0) is 0 Å². The summed E-state index contributed by atoms with van der Waals surface area (Å²) in [5.74, 6) is -7.02. The van der Waals surface area contributed by atoms with Crippen molar-refractivity contribution in [3.63, 3.8) is 0 Å². The van der Waals surface area contributed by atoms with Gasteiger partial charge in [0, 0.05) is 55.4 Å². The van der Waals surface area contributed by atoms with E-state index in [2.05, 4.69) is 0 Å². The Kier molecular flexibility index (Phi) is 14.5. The van der Waals surface area contributed by atoms with Crippen molar-refractivity contribution < 1.29 is 90.5 Å². The maximum atomic E-state index is 12.3. The van der Waals surface area contributed by atoms with Crippen LogP contribution in [0.3, 0.4) is 0 Å². The Labute approximate surface area is 268 Å². The molecule has 2 rings (SSSR count). The fourth-order valence-electron chi connectivity index (χ4n) is 4.73. The first-order chi connectivity index (χ1) is 21.9. The molecule has 19 heteroatoms. The molecule has 264 valence electrons. The summed E-state index contributed by atoms with van der Waals surface area (Å²) in [4.78, 5) is 96.3. The highest BCUT2D eigenvalue weighted by atomic mass is 16.8. The van der Waals surface area contributed by atoms with E-state index in [0.29, 0.717) is 0 Å². The molecule has 2 aliphatic rings. The zero-order valence-electron chi connectivity index (χ0n) is 26.9. The van der Waals surface area contributed by atoms with Crippen molar-refractivity contribution in [1.29, 1.82) is 0 Å². The maximum absolute atomic E-state index is 12.3. The second-order valence-electron chi connectivity index (χ2n) is 10.3. The normalized spacial score (nSPS) is 30.0. The summed E-state index contributed by atoms with van der Waals surface area (Å²) in [6.07, 6.45) is -16.3. The first-order valence-corrected chi connectivity index (χ1v) is 14.2. The molecule has 6 unspecified atom stereocenters. The van der Waals surface area contributed by atoms with Crippen LogP contribution in [0, 0.1) is 0 Å². The van der Waals surface area contributed by atoms with Crippen molar-refractivity contribution in [2.75, 3.05) is 13.2 Å². The SMILES string of the molecule is CC(=O)OC[C@H]1OC(OC(C)=O)[C@H](OC(C)=O)C(OC(C)=O)C1OC1O[C@H](COC(C)=O)C(OC(C)=O)[C@H](OC(C)=O)C1OC(C)=O. The van der Waals surface area contributed by atoms with Gasteiger partial charge in [0.05, 0.1) is 0 Å². The van der Waals surface area contributed by atoms with E-state index in [1.807, 2.05) is 0 Å². The first kappa shape index (κ1) is 38.8. The zero-order chi connectivity index (χ0) is 35.6. The largest absolute Gasteiger partial charge is 0.463 e.